The highest BCUT2D eigenvalue weighted by molar-refractivity contribution is 14.0. The molecule has 0 unspecified atom stereocenters. The Kier molecular flexibility index (Phi) is 8.49. The number of aryl methyl sites for hydroxylation is 1. The number of nitrogens with two attached hydrogens (primary N) is 1. The van der Waals surface area contributed by atoms with Gasteiger partial charge in [-0.1, -0.05) is 17.7 Å². The van der Waals surface area contributed by atoms with Crippen molar-refractivity contribution in [3.05, 3.63) is 54.1 Å². The molecule has 0 atom stereocenters. The summed E-state index contributed by atoms with van der Waals surface area (Å²) in [6.07, 6.45) is -4.72. The van der Waals surface area contributed by atoms with Crippen molar-refractivity contribution in [1.82, 2.24) is 0 Å². The topological polar surface area (TPSA) is 68.9 Å². The maximum atomic E-state index is 12.1. The second-order valence-corrected chi connectivity index (χ2v) is 5.13. The van der Waals surface area contributed by atoms with Gasteiger partial charge in [0.15, 0.2) is 5.96 Å². The van der Waals surface area contributed by atoms with E-state index >= 15 is 0 Å². The highest BCUT2D eigenvalue weighted by Crippen LogP contribution is 2.23. The first-order chi connectivity index (χ1) is 11.8. The number of halogens is 4. The van der Waals surface area contributed by atoms with Crippen LogP contribution in [-0.4, -0.2) is 25.5 Å². The molecule has 0 spiro atoms. The number of aliphatic imine (C=N–C) groups is 1. The Balaban J connectivity index is 0.00000338. The quantitative estimate of drug-likeness (QED) is 0.279. The minimum Gasteiger partial charge on any atom is -0.492 e. The van der Waals surface area contributed by atoms with Crippen LogP contribution in [0.5, 0.6) is 11.5 Å². The lowest BCUT2D eigenvalue weighted by Gasteiger charge is -2.10. The van der Waals surface area contributed by atoms with Gasteiger partial charge in [0.2, 0.25) is 0 Å². The summed E-state index contributed by atoms with van der Waals surface area (Å²) >= 11 is 0. The van der Waals surface area contributed by atoms with E-state index in [0.29, 0.717) is 18.8 Å². The van der Waals surface area contributed by atoms with Gasteiger partial charge < -0.3 is 20.5 Å². The largest absolute Gasteiger partial charge is 0.573 e. The van der Waals surface area contributed by atoms with Gasteiger partial charge in [-0.2, -0.15) is 0 Å². The first kappa shape index (κ1) is 21.9. The molecule has 3 N–H and O–H groups in total. The summed E-state index contributed by atoms with van der Waals surface area (Å²) in [5.41, 5.74) is 7.36. The fraction of sp³-hybridized carbons (Fsp3) is 0.235. The zero-order valence-electron chi connectivity index (χ0n) is 13.9. The molecule has 0 aliphatic rings. The normalized spacial score (nSPS) is 11.5. The summed E-state index contributed by atoms with van der Waals surface area (Å²) < 4.78 is 45.5. The monoisotopic (exact) mass is 481 g/mol. The number of nitrogens with one attached hydrogen (secondary N) is 1. The molecular weight excluding hydrogens is 462 g/mol. The van der Waals surface area contributed by atoms with Gasteiger partial charge >= 0.3 is 6.36 Å². The van der Waals surface area contributed by atoms with Gasteiger partial charge in [0.05, 0.1) is 6.54 Å². The molecule has 0 bridgehead atoms. The van der Waals surface area contributed by atoms with Crippen molar-refractivity contribution in [1.29, 1.82) is 0 Å². The smallest absolute Gasteiger partial charge is 0.492 e. The lowest BCUT2D eigenvalue weighted by atomic mass is 10.2. The fourth-order valence-corrected chi connectivity index (χ4v) is 1.89. The van der Waals surface area contributed by atoms with Gasteiger partial charge in [0.1, 0.15) is 18.1 Å². The van der Waals surface area contributed by atoms with Crippen LogP contribution in [0.15, 0.2) is 53.5 Å². The Morgan fingerprint density at radius 2 is 1.62 bits per heavy atom. The average Bonchev–Trinajstić information content (AvgIpc) is 2.54. The number of rotatable bonds is 6. The maximum Gasteiger partial charge on any atom is 0.573 e. The zero-order chi connectivity index (χ0) is 18.3. The molecule has 0 saturated carbocycles. The predicted octanol–water partition coefficient (Wildman–Crippen LogP) is 4.32. The third-order valence-corrected chi connectivity index (χ3v) is 3.02. The highest BCUT2D eigenvalue weighted by atomic mass is 127. The van der Waals surface area contributed by atoms with Crippen molar-refractivity contribution in [3.63, 3.8) is 0 Å². The molecule has 2 rings (SSSR count). The van der Waals surface area contributed by atoms with E-state index in [4.69, 9.17) is 10.5 Å². The number of anilines is 1. The molecule has 142 valence electrons. The Morgan fingerprint density at radius 3 is 2.19 bits per heavy atom. The zero-order valence-corrected chi connectivity index (χ0v) is 16.2. The molecule has 0 heterocycles. The van der Waals surface area contributed by atoms with Gasteiger partial charge in [-0.05, 0) is 43.3 Å². The molecule has 0 fully saturated rings. The van der Waals surface area contributed by atoms with Crippen LogP contribution in [0.25, 0.3) is 0 Å². The van der Waals surface area contributed by atoms with Crippen LogP contribution in [0.4, 0.5) is 18.9 Å². The Labute approximate surface area is 166 Å². The summed E-state index contributed by atoms with van der Waals surface area (Å²) in [5.74, 6) is 0.574. The van der Waals surface area contributed by atoms with Crippen LogP contribution in [0.1, 0.15) is 5.56 Å². The van der Waals surface area contributed by atoms with Gasteiger partial charge in [-0.15, -0.1) is 37.1 Å². The van der Waals surface area contributed by atoms with Gasteiger partial charge in [0, 0.05) is 5.69 Å². The van der Waals surface area contributed by atoms with E-state index in [9.17, 15) is 13.2 Å². The molecule has 0 saturated heterocycles. The minimum absolute atomic E-state index is 0. The van der Waals surface area contributed by atoms with E-state index in [1.807, 2.05) is 31.2 Å². The SMILES string of the molecule is Cc1ccc(OCCN=C(N)Nc2ccc(OC(F)(F)F)cc2)cc1.I. The van der Waals surface area contributed by atoms with Crippen LogP contribution >= 0.6 is 24.0 Å². The third-order valence-electron chi connectivity index (χ3n) is 3.02. The minimum atomic E-state index is -4.72. The van der Waals surface area contributed by atoms with Crippen LogP contribution in [0.2, 0.25) is 0 Å². The van der Waals surface area contributed by atoms with Crippen molar-refractivity contribution in [3.8, 4) is 11.5 Å². The molecule has 9 heteroatoms. The Bertz CT molecular complexity index is 705. The maximum absolute atomic E-state index is 12.1. The van der Waals surface area contributed by atoms with Gasteiger partial charge in [0.25, 0.3) is 0 Å². The molecule has 5 nitrogen and oxygen atoms in total. The highest BCUT2D eigenvalue weighted by Gasteiger charge is 2.30. The summed E-state index contributed by atoms with van der Waals surface area (Å²) in [6, 6.07) is 12.8. The molecule has 2 aromatic carbocycles. The molecule has 0 aromatic heterocycles. The number of nitrogens with zero attached hydrogens (tertiary/aromatic N) is 1. The van der Waals surface area contributed by atoms with Crippen molar-refractivity contribution in [2.75, 3.05) is 18.5 Å². The molecule has 2 aromatic rings. The molecule has 0 amide bonds. The van der Waals surface area contributed by atoms with Gasteiger partial charge in [-0.3, -0.25) is 0 Å². The van der Waals surface area contributed by atoms with Crippen LogP contribution in [0, 0.1) is 6.92 Å². The Morgan fingerprint density at radius 1 is 1.04 bits per heavy atom. The standard InChI is InChI=1S/C17H18F3N3O2.HI/c1-12-2-6-14(7-3-12)24-11-10-22-16(21)23-13-4-8-15(9-5-13)25-17(18,19)20;/h2-9H,10-11H2,1H3,(H3,21,22,23);1H. The summed E-state index contributed by atoms with van der Waals surface area (Å²) in [6.45, 7) is 2.67. The molecule has 0 aliphatic heterocycles. The van der Waals surface area contributed by atoms with Crippen molar-refractivity contribution >= 4 is 35.6 Å². The predicted molar refractivity (Wildman–Crippen MR) is 105 cm³/mol. The summed E-state index contributed by atoms with van der Waals surface area (Å²) in [4.78, 5) is 4.08. The number of alkyl halides is 3. The lowest BCUT2D eigenvalue weighted by Crippen LogP contribution is -2.23. The van der Waals surface area contributed by atoms with Crippen molar-refractivity contribution in [2.24, 2.45) is 10.7 Å². The van der Waals surface area contributed by atoms with E-state index in [-0.39, 0.29) is 35.7 Å². The molecule has 0 radical (unpaired) electrons. The average molecular weight is 481 g/mol. The molecule has 26 heavy (non-hydrogen) atoms. The number of ether oxygens (including phenoxy) is 2. The van der Waals surface area contributed by atoms with Crippen LogP contribution in [-0.2, 0) is 0 Å². The van der Waals surface area contributed by atoms with Crippen LogP contribution in [0.3, 0.4) is 0 Å². The number of hydrogen-bond acceptors (Lipinski definition) is 3. The number of hydrogen-bond donors (Lipinski definition) is 2. The first-order valence-corrected chi connectivity index (χ1v) is 7.44. The number of guanidine groups is 1. The lowest BCUT2D eigenvalue weighted by molar-refractivity contribution is -0.274. The summed E-state index contributed by atoms with van der Waals surface area (Å²) in [7, 11) is 0. The van der Waals surface area contributed by atoms with E-state index in [1.165, 1.54) is 24.3 Å². The summed E-state index contributed by atoms with van der Waals surface area (Å²) in [5, 5.41) is 2.77. The second kappa shape index (κ2) is 10.1. The molecular formula is C17H19F3IN3O2. The van der Waals surface area contributed by atoms with Crippen molar-refractivity contribution in [2.45, 2.75) is 13.3 Å². The van der Waals surface area contributed by atoms with E-state index in [1.54, 1.807) is 0 Å². The van der Waals surface area contributed by atoms with E-state index in [2.05, 4.69) is 15.0 Å². The van der Waals surface area contributed by atoms with E-state index in [0.717, 1.165) is 11.3 Å². The van der Waals surface area contributed by atoms with Crippen molar-refractivity contribution < 1.29 is 22.6 Å². The second-order valence-electron chi connectivity index (χ2n) is 5.13. The first-order valence-electron chi connectivity index (χ1n) is 7.44. The molecule has 0 aliphatic carbocycles. The number of benzene rings is 2. The Hall–Kier alpha value is -2.17. The van der Waals surface area contributed by atoms with E-state index < -0.39 is 6.36 Å². The fourth-order valence-electron chi connectivity index (χ4n) is 1.89. The third kappa shape index (κ3) is 8.28. The van der Waals surface area contributed by atoms with Crippen LogP contribution < -0.4 is 20.5 Å². The van der Waals surface area contributed by atoms with Gasteiger partial charge in [-0.25, -0.2) is 4.99 Å².